The maximum atomic E-state index is 11.5. The van der Waals surface area contributed by atoms with Crippen molar-refractivity contribution in [3.05, 3.63) is 59.7 Å². The third kappa shape index (κ3) is 20.5. The number of carbonyl (C=O) groups is 4. The molecule has 2 aromatic carbocycles. The Morgan fingerprint density at radius 2 is 0.917 bits per heavy atom. The molecule has 2 rings (SSSR count). The van der Waals surface area contributed by atoms with Gasteiger partial charge in [-0.1, -0.05) is 65.8 Å². The summed E-state index contributed by atoms with van der Waals surface area (Å²) in [4.78, 5) is 43.1. The number of carboxylic acid groups (broad SMARTS) is 1. The number of carboxylic acids is 1. The molecule has 2 aromatic rings. The van der Waals surface area contributed by atoms with Crippen molar-refractivity contribution in [3.63, 3.8) is 0 Å². The Balaban J connectivity index is 0. The Kier molecular flexibility index (Phi) is 21.3. The number of hydrogen-bond donors (Lipinski definition) is 1. The number of benzene rings is 2. The van der Waals surface area contributed by atoms with Crippen LogP contribution in [-0.2, 0) is 23.9 Å². The second kappa shape index (κ2) is 22.0. The molecule has 0 bridgehead atoms. The Labute approximate surface area is 291 Å². The number of rotatable bonds is 10. The van der Waals surface area contributed by atoms with E-state index < -0.39 is 11.4 Å². The number of carbonyl (C=O) groups excluding carboxylic acids is 3. The normalized spacial score (nSPS) is 12.2. The Morgan fingerprint density at radius 1 is 0.604 bits per heavy atom. The van der Waals surface area contributed by atoms with Crippen molar-refractivity contribution in [1.29, 1.82) is 0 Å². The summed E-state index contributed by atoms with van der Waals surface area (Å²) >= 11 is 0. The fourth-order valence-electron chi connectivity index (χ4n) is 3.24. The minimum Gasteiger partial charge on any atom is -0.481 e. The maximum Gasteiger partial charge on any atom is 0.312 e. The minimum absolute atomic E-state index is 0.113. The Hall–Kier alpha value is -3.68. The molecule has 0 radical (unpaired) electrons. The van der Waals surface area contributed by atoms with Crippen LogP contribution in [0.2, 0.25) is 0 Å². The van der Waals surface area contributed by atoms with E-state index >= 15 is 0 Å². The third-order valence-electron chi connectivity index (χ3n) is 7.94. The monoisotopic (exact) mass is 672 g/mol. The molecule has 0 heterocycles. The summed E-state index contributed by atoms with van der Waals surface area (Å²) in [5.41, 5.74) is 1.29. The first kappa shape index (κ1) is 46.4. The molecule has 2 unspecified atom stereocenters. The molecule has 0 saturated carbocycles. The molecule has 8 nitrogen and oxygen atoms in total. The van der Waals surface area contributed by atoms with Gasteiger partial charge in [0.1, 0.15) is 17.1 Å². The van der Waals surface area contributed by atoms with Crippen LogP contribution in [0, 0.1) is 10.8 Å². The molecule has 272 valence electrons. The van der Waals surface area contributed by atoms with Gasteiger partial charge in [0.2, 0.25) is 0 Å². The topological polar surface area (TPSA) is 116 Å². The average Bonchev–Trinajstić information content (AvgIpc) is 3.00. The summed E-state index contributed by atoms with van der Waals surface area (Å²) in [6.45, 7) is 28.2. The molecule has 2 atom stereocenters. The van der Waals surface area contributed by atoms with Gasteiger partial charge in [-0.2, -0.15) is 0 Å². The van der Waals surface area contributed by atoms with Crippen LogP contribution in [0.25, 0.3) is 0 Å². The van der Waals surface area contributed by atoms with E-state index in [1.165, 1.54) is 25.0 Å². The van der Waals surface area contributed by atoms with Gasteiger partial charge in [0, 0.05) is 13.8 Å². The molecule has 48 heavy (non-hydrogen) atoms. The summed E-state index contributed by atoms with van der Waals surface area (Å²) in [6, 6.07) is 15.4. The van der Waals surface area contributed by atoms with Crippen LogP contribution in [0.4, 0.5) is 0 Å². The number of hydrogen-bond acceptors (Lipinski definition) is 7. The van der Waals surface area contributed by atoms with E-state index in [1.807, 2.05) is 97.0 Å². The molecule has 0 spiro atoms. The zero-order valence-electron chi connectivity index (χ0n) is 32.4. The van der Waals surface area contributed by atoms with E-state index in [0.29, 0.717) is 29.8 Å². The van der Waals surface area contributed by atoms with E-state index in [1.54, 1.807) is 13.8 Å². The third-order valence-corrected chi connectivity index (χ3v) is 7.94. The van der Waals surface area contributed by atoms with E-state index in [-0.39, 0.29) is 28.9 Å². The molecular formula is C40H64O8. The highest BCUT2D eigenvalue weighted by Crippen LogP contribution is 2.25. The van der Waals surface area contributed by atoms with Crippen molar-refractivity contribution in [1.82, 2.24) is 0 Å². The van der Waals surface area contributed by atoms with Crippen LogP contribution < -0.4 is 9.47 Å². The number of ether oxygens (including phenoxy) is 3. The van der Waals surface area contributed by atoms with Crippen molar-refractivity contribution in [2.45, 2.75) is 147 Å². The van der Waals surface area contributed by atoms with Crippen LogP contribution in [0.15, 0.2) is 48.5 Å². The van der Waals surface area contributed by atoms with E-state index in [9.17, 15) is 19.2 Å². The molecule has 0 saturated heterocycles. The second-order valence-corrected chi connectivity index (χ2v) is 14.2. The molecule has 0 aromatic heterocycles. The molecule has 0 aliphatic carbocycles. The Morgan fingerprint density at radius 3 is 1.10 bits per heavy atom. The minimum atomic E-state index is -0.722. The van der Waals surface area contributed by atoms with Gasteiger partial charge >= 0.3 is 23.9 Å². The lowest BCUT2D eigenvalue weighted by Gasteiger charge is -2.27. The van der Waals surface area contributed by atoms with E-state index in [4.69, 9.17) is 19.3 Å². The molecule has 0 fully saturated rings. The van der Waals surface area contributed by atoms with Gasteiger partial charge in [-0.3, -0.25) is 19.2 Å². The molecular weight excluding hydrogens is 608 g/mol. The van der Waals surface area contributed by atoms with Gasteiger partial charge < -0.3 is 19.3 Å². The average molecular weight is 673 g/mol. The smallest absolute Gasteiger partial charge is 0.312 e. The maximum absolute atomic E-state index is 11.5. The molecule has 0 aliphatic heterocycles. The van der Waals surface area contributed by atoms with Gasteiger partial charge in [-0.25, -0.2) is 0 Å². The van der Waals surface area contributed by atoms with Crippen molar-refractivity contribution in [2.24, 2.45) is 10.8 Å². The van der Waals surface area contributed by atoms with Gasteiger partial charge in [0.05, 0.1) is 10.8 Å². The standard InChI is InChI=1S/2C12H16O2.C10H20O2.C6H12O2/c2*1-4-9(2)11-5-7-12(8-6-11)14-10(3)13;1-7-10(5,6)8(11)12-9(2,3)4;1-4-6(2,3)5(7)8/h2*5-9H,4H2,1-3H3;7H2,1-6H3;4H2,1-3H3,(H,7,8). The molecule has 0 amide bonds. The summed E-state index contributed by atoms with van der Waals surface area (Å²) in [6.07, 6.45) is 3.73. The fraction of sp³-hybridized carbons (Fsp3) is 0.600. The van der Waals surface area contributed by atoms with Crippen molar-refractivity contribution in [3.8, 4) is 11.5 Å². The van der Waals surface area contributed by atoms with Gasteiger partial charge in [0.15, 0.2) is 0 Å². The van der Waals surface area contributed by atoms with Crippen LogP contribution >= 0.6 is 0 Å². The van der Waals surface area contributed by atoms with Crippen molar-refractivity contribution < 1.29 is 38.5 Å². The molecule has 0 aliphatic rings. The predicted molar refractivity (Wildman–Crippen MR) is 195 cm³/mol. The zero-order chi connectivity index (χ0) is 37.9. The van der Waals surface area contributed by atoms with Crippen LogP contribution in [0.3, 0.4) is 0 Å². The lowest BCUT2D eigenvalue weighted by molar-refractivity contribution is -0.165. The highest BCUT2D eigenvalue weighted by Gasteiger charge is 2.30. The van der Waals surface area contributed by atoms with Gasteiger partial charge in [0.25, 0.3) is 0 Å². The van der Waals surface area contributed by atoms with Gasteiger partial charge in [-0.05, 0) is 121 Å². The van der Waals surface area contributed by atoms with E-state index in [2.05, 4.69) is 27.7 Å². The largest absolute Gasteiger partial charge is 0.481 e. The lowest BCUT2D eigenvalue weighted by atomic mass is 9.90. The summed E-state index contributed by atoms with van der Waals surface area (Å²) in [5.74, 6) is 0.956. The Bertz CT molecular complexity index is 1170. The van der Waals surface area contributed by atoms with Gasteiger partial charge in [-0.15, -0.1) is 0 Å². The summed E-state index contributed by atoms with van der Waals surface area (Å²) in [5, 5.41) is 8.44. The first-order chi connectivity index (χ1) is 22.0. The first-order valence-corrected chi connectivity index (χ1v) is 17.0. The summed E-state index contributed by atoms with van der Waals surface area (Å²) < 4.78 is 15.1. The van der Waals surface area contributed by atoms with E-state index in [0.717, 1.165) is 19.3 Å². The highest BCUT2D eigenvalue weighted by atomic mass is 16.6. The second-order valence-electron chi connectivity index (χ2n) is 14.2. The quantitative estimate of drug-likeness (QED) is 0.196. The molecule has 1 N–H and O–H groups in total. The lowest BCUT2D eigenvalue weighted by Crippen LogP contribution is -2.33. The molecule has 8 heteroatoms. The fourth-order valence-corrected chi connectivity index (χ4v) is 3.24. The SMILES string of the molecule is CCC(C)(C)C(=O)O.CCC(C)(C)C(=O)OC(C)(C)C.CCC(C)c1ccc(OC(C)=O)cc1.CCC(C)c1ccc(OC(C)=O)cc1. The highest BCUT2D eigenvalue weighted by molar-refractivity contribution is 5.76. The van der Waals surface area contributed by atoms with Crippen molar-refractivity contribution >= 4 is 23.9 Å². The number of aliphatic carboxylic acids is 1. The van der Waals surface area contributed by atoms with Crippen LogP contribution in [0.5, 0.6) is 11.5 Å². The van der Waals surface area contributed by atoms with Crippen LogP contribution in [0.1, 0.15) is 153 Å². The predicted octanol–water partition coefficient (Wildman–Crippen LogP) is 10.5. The van der Waals surface area contributed by atoms with Crippen molar-refractivity contribution in [2.75, 3.05) is 0 Å². The zero-order valence-corrected chi connectivity index (χ0v) is 32.4. The first-order valence-electron chi connectivity index (χ1n) is 17.0. The summed E-state index contributed by atoms with van der Waals surface area (Å²) in [7, 11) is 0. The van der Waals surface area contributed by atoms with Crippen LogP contribution in [-0.4, -0.2) is 34.6 Å². The number of esters is 3.